The predicted octanol–water partition coefficient (Wildman–Crippen LogP) is 4.52. The molecule has 0 unspecified atom stereocenters. The van der Waals surface area contributed by atoms with Crippen molar-refractivity contribution in [2.75, 3.05) is 0 Å². The van der Waals surface area contributed by atoms with E-state index in [0.29, 0.717) is 5.56 Å². The van der Waals surface area contributed by atoms with Gasteiger partial charge in [-0.05, 0) is 58.0 Å². The third-order valence-electron chi connectivity index (χ3n) is 4.69. The maximum absolute atomic E-state index is 13.0. The summed E-state index contributed by atoms with van der Waals surface area (Å²) in [6.07, 6.45) is 0. The van der Waals surface area contributed by atoms with E-state index in [9.17, 15) is 4.79 Å². The van der Waals surface area contributed by atoms with E-state index in [2.05, 4.69) is 9.97 Å². The number of para-hydroxylation sites is 2. The molecule has 0 spiro atoms. The standard InChI is InChI=1S/C21H22N4O/c1-12(2)25(13(3)4)21(26)14-9-10-16-15(11-14)19-20(23-16)24-18-8-6-5-7-17(18)22-19/h5-13H,1-4H3,(H,23,24). The van der Waals surface area contributed by atoms with Crippen molar-refractivity contribution >= 4 is 39.0 Å². The van der Waals surface area contributed by atoms with E-state index in [-0.39, 0.29) is 18.0 Å². The maximum atomic E-state index is 13.0. The summed E-state index contributed by atoms with van der Waals surface area (Å²) in [5.74, 6) is 0.0417. The van der Waals surface area contributed by atoms with Crippen molar-refractivity contribution in [3.8, 4) is 0 Å². The second-order valence-corrected chi connectivity index (χ2v) is 7.19. The van der Waals surface area contributed by atoms with Crippen molar-refractivity contribution in [2.45, 2.75) is 39.8 Å². The lowest BCUT2D eigenvalue weighted by Gasteiger charge is -2.30. The summed E-state index contributed by atoms with van der Waals surface area (Å²) in [7, 11) is 0. The molecule has 4 rings (SSSR count). The zero-order valence-electron chi connectivity index (χ0n) is 15.4. The van der Waals surface area contributed by atoms with Crippen molar-refractivity contribution in [3.05, 3.63) is 48.0 Å². The van der Waals surface area contributed by atoms with Gasteiger partial charge in [0.25, 0.3) is 5.91 Å². The molecule has 0 aliphatic carbocycles. The number of carbonyl (C=O) groups is 1. The van der Waals surface area contributed by atoms with Crippen LogP contribution in [0, 0.1) is 0 Å². The Balaban J connectivity index is 1.89. The van der Waals surface area contributed by atoms with Gasteiger partial charge in [-0.2, -0.15) is 0 Å². The molecule has 1 amide bonds. The number of hydrogen-bond acceptors (Lipinski definition) is 3. The Labute approximate surface area is 152 Å². The van der Waals surface area contributed by atoms with Gasteiger partial charge in [0, 0.05) is 28.6 Å². The first-order chi connectivity index (χ1) is 12.5. The number of aromatic amines is 1. The van der Waals surface area contributed by atoms with E-state index in [1.54, 1.807) is 0 Å². The molecule has 0 aliphatic rings. The molecule has 132 valence electrons. The molecule has 5 heteroatoms. The van der Waals surface area contributed by atoms with E-state index >= 15 is 0 Å². The van der Waals surface area contributed by atoms with Gasteiger partial charge in [-0.15, -0.1) is 0 Å². The van der Waals surface area contributed by atoms with E-state index in [1.165, 1.54) is 0 Å². The lowest BCUT2D eigenvalue weighted by Crippen LogP contribution is -2.42. The lowest BCUT2D eigenvalue weighted by atomic mass is 10.1. The minimum Gasteiger partial charge on any atom is -0.338 e. The summed E-state index contributed by atoms with van der Waals surface area (Å²) in [5, 5.41) is 0.927. The van der Waals surface area contributed by atoms with Crippen LogP contribution in [-0.2, 0) is 0 Å². The van der Waals surface area contributed by atoms with E-state index in [4.69, 9.17) is 4.98 Å². The molecule has 2 aromatic heterocycles. The topological polar surface area (TPSA) is 61.9 Å². The number of nitrogens with zero attached hydrogens (tertiary/aromatic N) is 3. The monoisotopic (exact) mass is 346 g/mol. The van der Waals surface area contributed by atoms with E-state index in [1.807, 2.05) is 75.1 Å². The molecule has 0 saturated carbocycles. The molecular formula is C21H22N4O. The summed E-state index contributed by atoms with van der Waals surface area (Å²) in [5.41, 5.74) is 4.86. The number of fused-ring (bicyclic) bond motifs is 4. The first-order valence-corrected chi connectivity index (χ1v) is 8.96. The predicted molar refractivity (Wildman–Crippen MR) is 105 cm³/mol. The van der Waals surface area contributed by atoms with Gasteiger partial charge in [0.2, 0.25) is 0 Å². The van der Waals surface area contributed by atoms with Crippen LogP contribution in [0.3, 0.4) is 0 Å². The van der Waals surface area contributed by atoms with Crippen LogP contribution in [0.4, 0.5) is 0 Å². The average molecular weight is 346 g/mol. The van der Waals surface area contributed by atoms with Crippen LogP contribution in [0.2, 0.25) is 0 Å². The second kappa shape index (κ2) is 6.09. The third-order valence-corrected chi connectivity index (χ3v) is 4.69. The molecule has 0 fully saturated rings. The number of nitrogens with one attached hydrogen (secondary N) is 1. The molecule has 26 heavy (non-hydrogen) atoms. The number of benzene rings is 2. The Hall–Kier alpha value is -2.95. The lowest BCUT2D eigenvalue weighted by molar-refractivity contribution is 0.0644. The van der Waals surface area contributed by atoms with Crippen LogP contribution < -0.4 is 0 Å². The van der Waals surface area contributed by atoms with Gasteiger partial charge < -0.3 is 9.88 Å². The van der Waals surface area contributed by atoms with Crippen LogP contribution in [0.5, 0.6) is 0 Å². The molecule has 0 saturated heterocycles. The summed E-state index contributed by atoms with van der Waals surface area (Å²) in [6, 6.07) is 13.8. The Bertz CT molecular complexity index is 1120. The fraction of sp³-hybridized carbons (Fsp3) is 0.286. The quantitative estimate of drug-likeness (QED) is 0.593. The summed E-state index contributed by atoms with van der Waals surface area (Å²) >= 11 is 0. The van der Waals surface area contributed by atoms with Crippen LogP contribution in [0.15, 0.2) is 42.5 Å². The molecule has 5 nitrogen and oxygen atoms in total. The van der Waals surface area contributed by atoms with Gasteiger partial charge in [-0.1, -0.05) is 12.1 Å². The zero-order chi connectivity index (χ0) is 18.4. The van der Waals surface area contributed by atoms with Crippen molar-refractivity contribution in [3.63, 3.8) is 0 Å². The average Bonchev–Trinajstić information content (AvgIpc) is 2.95. The molecule has 4 aromatic rings. The first kappa shape index (κ1) is 16.5. The van der Waals surface area contributed by atoms with Gasteiger partial charge in [-0.25, -0.2) is 9.97 Å². The maximum Gasteiger partial charge on any atom is 0.254 e. The minimum absolute atomic E-state index is 0.0417. The zero-order valence-corrected chi connectivity index (χ0v) is 15.4. The molecule has 0 aliphatic heterocycles. The van der Waals surface area contributed by atoms with E-state index in [0.717, 1.165) is 33.1 Å². The molecule has 0 bridgehead atoms. The third kappa shape index (κ3) is 2.60. The first-order valence-electron chi connectivity index (χ1n) is 8.96. The highest BCUT2D eigenvalue weighted by atomic mass is 16.2. The normalized spacial score (nSPS) is 11.9. The Morgan fingerprint density at radius 3 is 2.27 bits per heavy atom. The van der Waals surface area contributed by atoms with Gasteiger partial charge >= 0.3 is 0 Å². The smallest absolute Gasteiger partial charge is 0.254 e. The molecule has 2 aromatic carbocycles. The number of carbonyl (C=O) groups excluding carboxylic acids is 1. The number of rotatable bonds is 3. The molecular weight excluding hydrogens is 324 g/mol. The fourth-order valence-corrected chi connectivity index (χ4v) is 3.60. The van der Waals surface area contributed by atoms with Gasteiger partial charge in [0.1, 0.15) is 5.52 Å². The molecule has 0 atom stereocenters. The van der Waals surface area contributed by atoms with Gasteiger partial charge in [-0.3, -0.25) is 4.79 Å². The molecule has 2 heterocycles. The Kier molecular flexibility index (Phi) is 3.87. The molecule has 0 radical (unpaired) electrons. The molecule has 1 N–H and O–H groups in total. The Morgan fingerprint density at radius 2 is 1.62 bits per heavy atom. The fourth-order valence-electron chi connectivity index (χ4n) is 3.60. The summed E-state index contributed by atoms with van der Waals surface area (Å²) in [6.45, 7) is 8.17. The highest BCUT2D eigenvalue weighted by Crippen LogP contribution is 2.26. The summed E-state index contributed by atoms with van der Waals surface area (Å²) < 4.78 is 0. The number of H-pyrrole nitrogens is 1. The van der Waals surface area contributed by atoms with Crippen molar-refractivity contribution < 1.29 is 4.79 Å². The SMILES string of the molecule is CC(C)N(C(=O)c1ccc2[nH]c3nc4ccccc4nc3c2c1)C(C)C. The van der Waals surface area contributed by atoms with Crippen molar-refractivity contribution in [2.24, 2.45) is 0 Å². The number of amides is 1. The largest absolute Gasteiger partial charge is 0.338 e. The highest BCUT2D eigenvalue weighted by Gasteiger charge is 2.22. The van der Waals surface area contributed by atoms with Gasteiger partial charge in [0.15, 0.2) is 5.65 Å². The number of hydrogen-bond donors (Lipinski definition) is 1. The minimum atomic E-state index is 0.0417. The van der Waals surface area contributed by atoms with E-state index < -0.39 is 0 Å². The van der Waals surface area contributed by atoms with Crippen LogP contribution in [0.25, 0.3) is 33.1 Å². The Morgan fingerprint density at radius 1 is 0.962 bits per heavy atom. The number of aromatic nitrogens is 3. The van der Waals surface area contributed by atoms with Crippen LogP contribution >= 0.6 is 0 Å². The van der Waals surface area contributed by atoms with Crippen LogP contribution in [-0.4, -0.2) is 37.8 Å². The van der Waals surface area contributed by atoms with Crippen molar-refractivity contribution in [1.82, 2.24) is 19.9 Å². The van der Waals surface area contributed by atoms with Crippen LogP contribution in [0.1, 0.15) is 38.1 Å². The van der Waals surface area contributed by atoms with Crippen molar-refractivity contribution in [1.29, 1.82) is 0 Å². The van der Waals surface area contributed by atoms with Gasteiger partial charge in [0.05, 0.1) is 11.0 Å². The summed E-state index contributed by atoms with van der Waals surface area (Å²) in [4.78, 5) is 27.7. The highest BCUT2D eigenvalue weighted by molar-refractivity contribution is 6.08. The second-order valence-electron chi connectivity index (χ2n) is 7.19.